The first-order valence-electron chi connectivity index (χ1n) is 11.0. The van der Waals surface area contributed by atoms with Crippen molar-refractivity contribution < 1.29 is 18.1 Å². The standard InChI is InChI=1S/C19H24N4O4S.C2H6.C2H4/c20-28-27-9-12-3-4-14(6-12)23-19-15(8-21-11-22-19)18(24)17-7-13(10-26-17)16-2-1-5-25-16;2*1-2/h7-8,10-12,14,16H,1-6,9,20H2,(H,21,22,23);1-2H3;1-2H2. The maximum Gasteiger partial charge on any atom is 0.233 e. The molecule has 2 aromatic rings. The molecule has 0 bridgehead atoms. The van der Waals surface area contributed by atoms with Gasteiger partial charge in [-0.3, -0.25) is 9.93 Å². The van der Waals surface area contributed by atoms with Crippen LogP contribution >= 0.6 is 12.2 Å². The molecule has 3 heterocycles. The fourth-order valence-corrected chi connectivity index (χ4v) is 4.18. The number of hydrogen-bond acceptors (Lipinski definition) is 9. The summed E-state index contributed by atoms with van der Waals surface area (Å²) in [5, 5.41) is 8.72. The molecule has 0 amide bonds. The smallest absolute Gasteiger partial charge is 0.233 e. The summed E-state index contributed by atoms with van der Waals surface area (Å²) < 4.78 is 16.4. The molecule has 2 aromatic heterocycles. The number of rotatable bonds is 8. The largest absolute Gasteiger partial charge is 0.460 e. The minimum absolute atomic E-state index is 0.0132. The van der Waals surface area contributed by atoms with E-state index >= 15 is 0 Å². The van der Waals surface area contributed by atoms with Crippen LogP contribution < -0.4 is 10.5 Å². The van der Waals surface area contributed by atoms with Gasteiger partial charge in [-0.2, -0.15) is 0 Å². The molecule has 1 aliphatic heterocycles. The first kappa shape index (κ1) is 26.1. The molecule has 176 valence electrons. The molecule has 3 N–H and O–H groups in total. The minimum atomic E-state index is -0.232. The zero-order valence-electron chi connectivity index (χ0n) is 18.9. The van der Waals surface area contributed by atoms with Crippen LogP contribution in [0.3, 0.4) is 0 Å². The van der Waals surface area contributed by atoms with Crippen LogP contribution in [0.2, 0.25) is 0 Å². The molecule has 2 aliphatic rings. The van der Waals surface area contributed by atoms with Crippen molar-refractivity contribution in [3.8, 4) is 0 Å². The second kappa shape index (κ2) is 14.1. The lowest BCUT2D eigenvalue weighted by atomic mass is 10.1. The Morgan fingerprint density at radius 3 is 2.88 bits per heavy atom. The number of furan rings is 1. The number of carbonyl (C=O) groups is 1. The molecule has 8 nitrogen and oxygen atoms in total. The Morgan fingerprint density at radius 1 is 1.34 bits per heavy atom. The Bertz CT molecular complexity index is 826. The molecule has 0 spiro atoms. The number of nitrogens with zero attached hydrogens (tertiary/aromatic N) is 2. The van der Waals surface area contributed by atoms with Gasteiger partial charge in [-0.05, 0) is 44.1 Å². The third-order valence-electron chi connectivity index (χ3n) is 5.36. The number of carbonyl (C=O) groups excluding carboxylic acids is 1. The van der Waals surface area contributed by atoms with E-state index in [1.165, 1.54) is 12.5 Å². The van der Waals surface area contributed by atoms with Crippen LogP contribution in [0.4, 0.5) is 5.82 Å². The topological polar surface area (TPSA) is 112 Å². The Kier molecular flexibility index (Phi) is 11.4. The predicted molar refractivity (Wildman–Crippen MR) is 127 cm³/mol. The van der Waals surface area contributed by atoms with E-state index in [1.54, 1.807) is 12.3 Å². The molecule has 4 rings (SSSR count). The number of anilines is 1. The normalized spacial score (nSPS) is 21.8. The summed E-state index contributed by atoms with van der Waals surface area (Å²) in [5.74, 6) is 1.04. The van der Waals surface area contributed by atoms with Gasteiger partial charge in [0.25, 0.3) is 0 Å². The van der Waals surface area contributed by atoms with Crippen LogP contribution in [0.5, 0.6) is 0 Å². The second-order valence-electron chi connectivity index (χ2n) is 7.26. The number of ketones is 1. The molecular weight excluding hydrogens is 428 g/mol. The van der Waals surface area contributed by atoms with Gasteiger partial charge in [-0.15, -0.1) is 13.2 Å². The van der Waals surface area contributed by atoms with Crippen LogP contribution in [0.15, 0.2) is 42.4 Å². The first-order valence-corrected chi connectivity index (χ1v) is 11.8. The van der Waals surface area contributed by atoms with Gasteiger partial charge in [0, 0.05) is 24.4 Å². The predicted octanol–water partition coefficient (Wildman–Crippen LogP) is 5.10. The molecule has 32 heavy (non-hydrogen) atoms. The fraction of sp³-hybridized carbons (Fsp3) is 0.522. The van der Waals surface area contributed by atoms with Gasteiger partial charge in [0.05, 0.1) is 36.8 Å². The third kappa shape index (κ3) is 6.90. The molecule has 1 saturated carbocycles. The number of nitrogens with two attached hydrogens (primary N) is 1. The highest BCUT2D eigenvalue weighted by Crippen LogP contribution is 2.32. The minimum Gasteiger partial charge on any atom is -0.460 e. The molecular formula is C23H34N4O4S. The van der Waals surface area contributed by atoms with Crippen molar-refractivity contribution in [2.24, 2.45) is 11.1 Å². The van der Waals surface area contributed by atoms with Gasteiger partial charge < -0.3 is 18.7 Å². The van der Waals surface area contributed by atoms with Crippen LogP contribution in [0.1, 0.15) is 73.7 Å². The summed E-state index contributed by atoms with van der Waals surface area (Å²) in [5.41, 5.74) is 1.32. The summed E-state index contributed by atoms with van der Waals surface area (Å²) in [7, 11) is 0. The Morgan fingerprint density at radius 2 is 2.16 bits per heavy atom. The summed E-state index contributed by atoms with van der Waals surface area (Å²) in [6.45, 7) is 11.4. The van der Waals surface area contributed by atoms with E-state index in [0.717, 1.165) is 56.5 Å². The Labute approximate surface area is 194 Å². The second-order valence-corrected chi connectivity index (χ2v) is 7.69. The van der Waals surface area contributed by atoms with Crippen molar-refractivity contribution in [3.63, 3.8) is 0 Å². The zero-order valence-corrected chi connectivity index (χ0v) is 19.7. The third-order valence-corrected chi connectivity index (χ3v) is 5.63. The summed E-state index contributed by atoms with van der Waals surface area (Å²) in [6, 6.07) is 2.00. The highest BCUT2D eigenvalue weighted by Gasteiger charge is 2.28. The lowest BCUT2D eigenvalue weighted by molar-refractivity contribution is 0.101. The lowest BCUT2D eigenvalue weighted by Crippen LogP contribution is -2.20. The number of aromatic nitrogens is 2. The molecule has 0 radical (unpaired) electrons. The van der Waals surface area contributed by atoms with E-state index in [1.807, 2.05) is 13.8 Å². The molecule has 2 fully saturated rings. The average Bonchev–Trinajstić information content (AvgIpc) is 3.62. The van der Waals surface area contributed by atoms with Crippen molar-refractivity contribution >= 4 is 23.8 Å². The van der Waals surface area contributed by atoms with Crippen molar-refractivity contribution in [3.05, 3.63) is 54.9 Å². The molecule has 9 heteroatoms. The lowest BCUT2D eigenvalue weighted by Gasteiger charge is -2.15. The van der Waals surface area contributed by atoms with Crippen molar-refractivity contribution in [2.75, 3.05) is 18.5 Å². The highest BCUT2D eigenvalue weighted by molar-refractivity contribution is 7.92. The fourth-order valence-electron chi connectivity index (χ4n) is 3.91. The van der Waals surface area contributed by atoms with Crippen LogP contribution in [0, 0.1) is 5.92 Å². The van der Waals surface area contributed by atoms with Gasteiger partial charge in [-0.1, -0.05) is 13.8 Å². The van der Waals surface area contributed by atoms with E-state index < -0.39 is 0 Å². The SMILES string of the molecule is C=C.CC.NSOCC1CCC(Nc2ncncc2C(=O)c2cc(C3CCCO3)co2)C1. The Hall–Kier alpha value is -2.20. The summed E-state index contributed by atoms with van der Waals surface area (Å²) >= 11 is 0.904. The van der Waals surface area contributed by atoms with Crippen molar-refractivity contribution in [1.82, 2.24) is 9.97 Å². The molecule has 1 aliphatic carbocycles. The zero-order chi connectivity index (χ0) is 23.3. The average molecular weight is 463 g/mol. The quantitative estimate of drug-likeness (QED) is 0.239. The van der Waals surface area contributed by atoms with E-state index in [-0.39, 0.29) is 23.7 Å². The maximum atomic E-state index is 13.0. The van der Waals surface area contributed by atoms with Crippen molar-refractivity contribution in [2.45, 2.75) is 58.1 Å². The molecule has 3 unspecified atom stereocenters. The van der Waals surface area contributed by atoms with E-state index in [9.17, 15) is 4.79 Å². The van der Waals surface area contributed by atoms with E-state index in [2.05, 4.69) is 28.4 Å². The highest BCUT2D eigenvalue weighted by atomic mass is 32.2. The number of nitrogens with one attached hydrogen (secondary N) is 1. The first-order chi connectivity index (χ1) is 15.7. The monoisotopic (exact) mass is 462 g/mol. The number of hydrogen-bond donors (Lipinski definition) is 2. The molecule has 0 aromatic carbocycles. The van der Waals surface area contributed by atoms with Crippen LogP contribution in [-0.2, 0) is 8.92 Å². The van der Waals surface area contributed by atoms with E-state index in [4.69, 9.17) is 18.5 Å². The molecule has 1 saturated heterocycles. The van der Waals surface area contributed by atoms with Gasteiger partial charge in [0.1, 0.15) is 12.1 Å². The maximum absolute atomic E-state index is 13.0. The number of ether oxygens (including phenoxy) is 1. The van der Waals surface area contributed by atoms with Crippen molar-refractivity contribution in [1.29, 1.82) is 0 Å². The molecule has 3 atom stereocenters. The van der Waals surface area contributed by atoms with Gasteiger partial charge in [0.15, 0.2) is 5.76 Å². The van der Waals surface area contributed by atoms with Gasteiger partial charge in [0.2, 0.25) is 5.78 Å². The van der Waals surface area contributed by atoms with Crippen LogP contribution in [0.25, 0.3) is 0 Å². The van der Waals surface area contributed by atoms with Crippen LogP contribution in [-0.4, -0.2) is 35.0 Å². The summed E-state index contributed by atoms with van der Waals surface area (Å²) in [4.78, 5) is 21.3. The summed E-state index contributed by atoms with van der Waals surface area (Å²) in [6.07, 6.45) is 9.56. The van der Waals surface area contributed by atoms with Gasteiger partial charge in [-0.25, -0.2) is 9.97 Å². The Balaban J connectivity index is 0.000000860. The van der Waals surface area contributed by atoms with E-state index in [0.29, 0.717) is 23.9 Å². The van der Waals surface area contributed by atoms with Gasteiger partial charge >= 0.3 is 0 Å².